The van der Waals surface area contributed by atoms with Crippen molar-refractivity contribution in [1.29, 1.82) is 0 Å². The average Bonchev–Trinajstić information content (AvgIpc) is 2.48. The van der Waals surface area contributed by atoms with Crippen molar-refractivity contribution in [2.45, 2.75) is 32.6 Å². The van der Waals surface area contributed by atoms with E-state index in [1.54, 1.807) is 0 Å². The summed E-state index contributed by atoms with van der Waals surface area (Å²) in [5.74, 6) is 0.0613. The summed E-state index contributed by atoms with van der Waals surface area (Å²) < 4.78 is 0. The zero-order chi connectivity index (χ0) is 15.5. The Morgan fingerprint density at radius 3 is 2.24 bits per heavy atom. The van der Waals surface area contributed by atoms with Gasteiger partial charge in [0.2, 0.25) is 5.91 Å². The standard InChI is InChI=1S/C15H27N3O3/c1-12-2-4-15(11-16,5-3-12)14(21)18-8-6-17(7-9-18)10-13(19)20/h12H,2-11,16H2,1H3,(H,19,20). The molecule has 0 bridgehead atoms. The number of carboxylic acids is 1. The van der Waals surface area contributed by atoms with Gasteiger partial charge < -0.3 is 15.7 Å². The van der Waals surface area contributed by atoms with Crippen LogP contribution in [-0.2, 0) is 9.59 Å². The van der Waals surface area contributed by atoms with Gasteiger partial charge >= 0.3 is 5.97 Å². The Kier molecular flexibility index (Phi) is 5.22. The molecule has 2 aliphatic rings. The second-order valence-electron chi connectivity index (χ2n) is 6.63. The molecule has 6 nitrogen and oxygen atoms in total. The number of aliphatic carboxylic acids is 1. The Morgan fingerprint density at radius 1 is 1.19 bits per heavy atom. The van der Waals surface area contributed by atoms with Crippen LogP contribution in [-0.4, -0.2) is 66.1 Å². The minimum Gasteiger partial charge on any atom is -0.480 e. The summed E-state index contributed by atoms with van der Waals surface area (Å²) in [5.41, 5.74) is 5.58. The summed E-state index contributed by atoms with van der Waals surface area (Å²) in [7, 11) is 0. The van der Waals surface area contributed by atoms with Gasteiger partial charge in [-0.1, -0.05) is 6.92 Å². The number of hydrogen-bond donors (Lipinski definition) is 2. The largest absolute Gasteiger partial charge is 0.480 e. The van der Waals surface area contributed by atoms with E-state index in [4.69, 9.17) is 10.8 Å². The normalized spacial score (nSPS) is 31.1. The van der Waals surface area contributed by atoms with Crippen molar-refractivity contribution in [2.75, 3.05) is 39.3 Å². The number of nitrogens with zero attached hydrogens (tertiary/aromatic N) is 2. The van der Waals surface area contributed by atoms with Gasteiger partial charge in [-0.25, -0.2) is 0 Å². The van der Waals surface area contributed by atoms with Gasteiger partial charge in [-0.3, -0.25) is 14.5 Å². The first kappa shape index (κ1) is 16.2. The number of amides is 1. The number of hydrogen-bond acceptors (Lipinski definition) is 4. The van der Waals surface area contributed by atoms with Gasteiger partial charge in [0.05, 0.1) is 12.0 Å². The van der Waals surface area contributed by atoms with Crippen molar-refractivity contribution < 1.29 is 14.7 Å². The molecule has 1 aliphatic heterocycles. The van der Waals surface area contributed by atoms with Crippen LogP contribution < -0.4 is 5.73 Å². The zero-order valence-electron chi connectivity index (χ0n) is 12.9. The summed E-state index contributed by atoms with van der Waals surface area (Å²) in [6.45, 7) is 5.21. The molecule has 0 atom stereocenters. The highest BCUT2D eigenvalue weighted by molar-refractivity contribution is 5.83. The van der Waals surface area contributed by atoms with Crippen LogP contribution in [0.15, 0.2) is 0 Å². The Hall–Kier alpha value is -1.14. The molecule has 0 radical (unpaired) electrons. The second-order valence-corrected chi connectivity index (χ2v) is 6.63. The molecule has 120 valence electrons. The van der Waals surface area contributed by atoms with E-state index < -0.39 is 5.97 Å². The molecule has 2 fully saturated rings. The second kappa shape index (κ2) is 6.75. The first-order chi connectivity index (χ1) is 9.97. The molecule has 2 rings (SSSR count). The Balaban J connectivity index is 1.92. The molecule has 0 spiro atoms. The lowest BCUT2D eigenvalue weighted by Crippen LogP contribution is -2.56. The SMILES string of the molecule is CC1CCC(CN)(C(=O)N2CCN(CC(=O)O)CC2)CC1. The first-order valence-electron chi connectivity index (χ1n) is 7.90. The van der Waals surface area contributed by atoms with Gasteiger partial charge in [-0.2, -0.15) is 0 Å². The monoisotopic (exact) mass is 297 g/mol. The lowest BCUT2D eigenvalue weighted by atomic mass is 9.70. The third kappa shape index (κ3) is 3.74. The highest BCUT2D eigenvalue weighted by Crippen LogP contribution is 2.39. The van der Waals surface area contributed by atoms with Gasteiger partial charge in [0.25, 0.3) is 0 Å². The van der Waals surface area contributed by atoms with Crippen molar-refractivity contribution in [3.8, 4) is 0 Å². The van der Waals surface area contributed by atoms with E-state index in [9.17, 15) is 9.59 Å². The number of piperazine rings is 1. The van der Waals surface area contributed by atoms with E-state index in [1.165, 1.54) is 0 Å². The molecule has 0 aromatic heterocycles. The minimum atomic E-state index is -0.811. The van der Waals surface area contributed by atoms with Gasteiger partial charge in [-0.05, 0) is 31.6 Å². The zero-order valence-corrected chi connectivity index (χ0v) is 12.9. The maximum atomic E-state index is 12.9. The number of carbonyl (C=O) groups is 2. The lowest BCUT2D eigenvalue weighted by molar-refractivity contribution is -0.146. The third-order valence-corrected chi connectivity index (χ3v) is 5.09. The predicted octanol–water partition coefficient (Wildman–Crippen LogP) is 0.370. The van der Waals surface area contributed by atoms with Crippen LogP contribution in [0.5, 0.6) is 0 Å². The van der Waals surface area contributed by atoms with Gasteiger partial charge in [0.1, 0.15) is 0 Å². The highest BCUT2D eigenvalue weighted by Gasteiger charge is 2.42. The maximum absolute atomic E-state index is 12.9. The van der Waals surface area contributed by atoms with Crippen LogP contribution in [0.2, 0.25) is 0 Å². The topological polar surface area (TPSA) is 86.9 Å². The fourth-order valence-electron chi connectivity index (χ4n) is 3.46. The molecule has 0 unspecified atom stereocenters. The molecule has 1 amide bonds. The van der Waals surface area contributed by atoms with Crippen LogP contribution in [0.25, 0.3) is 0 Å². The van der Waals surface area contributed by atoms with E-state index in [1.807, 2.05) is 9.80 Å². The minimum absolute atomic E-state index is 0.0571. The Labute approximate surface area is 126 Å². The maximum Gasteiger partial charge on any atom is 0.317 e. The molecule has 3 N–H and O–H groups in total. The first-order valence-corrected chi connectivity index (χ1v) is 7.90. The number of nitrogens with two attached hydrogens (primary N) is 1. The molecule has 1 aliphatic carbocycles. The molecule has 1 saturated heterocycles. The van der Waals surface area contributed by atoms with Gasteiger partial charge in [-0.15, -0.1) is 0 Å². The fourth-order valence-corrected chi connectivity index (χ4v) is 3.46. The van der Waals surface area contributed by atoms with Crippen molar-refractivity contribution >= 4 is 11.9 Å². The van der Waals surface area contributed by atoms with E-state index in [0.717, 1.165) is 25.7 Å². The molecular weight excluding hydrogens is 270 g/mol. The quantitative estimate of drug-likeness (QED) is 0.783. The summed E-state index contributed by atoms with van der Waals surface area (Å²) in [5, 5.41) is 8.81. The number of carbonyl (C=O) groups excluding carboxylic acids is 1. The van der Waals surface area contributed by atoms with E-state index in [2.05, 4.69) is 6.92 Å². The summed E-state index contributed by atoms with van der Waals surface area (Å²) in [4.78, 5) is 27.3. The van der Waals surface area contributed by atoms with Crippen molar-refractivity contribution in [3.05, 3.63) is 0 Å². The van der Waals surface area contributed by atoms with Gasteiger partial charge in [0.15, 0.2) is 0 Å². The lowest BCUT2D eigenvalue weighted by Gasteiger charge is -2.43. The molecular formula is C15H27N3O3. The Bertz CT molecular complexity index is 384. The molecule has 1 saturated carbocycles. The summed E-state index contributed by atoms with van der Waals surface area (Å²) in [6, 6.07) is 0. The molecule has 0 aromatic carbocycles. The molecule has 1 heterocycles. The third-order valence-electron chi connectivity index (χ3n) is 5.09. The van der Waals surface area contributed by atoms with E-state index >= 15 is 0 Å². The number of rotatable bonds is 4. The van der Waals surface area contributed by atoms with Crippen LogP contribution in [0.4, 0.5) is 0 Å². The van der Waals surface area contributed by atoms with E-state index in [0.29, 0.717) is 38.6 Å². The van der Waals surface area contributed by atoms with Crippen LogP contribution >= 0.6 is 0 Å². The fraction of sp³-hybridized carbons (Fsp3) is 0.867. The number of carboxylic acid groups (broad SMARTS) is 1. The van der Waals surface area contributed by atoms with E-state index in [-0.39, 0.29) is 17.9 Å². The van der Waals surface area contributed by atoms with Gasteiger partial charge in [0, 0.05) is 32.7 Å². The predicted molar refractivity (Wildman–Crippen MR) is 79.8 cm³/mol. The Morgan fingerprint density at radius 2 is 1.76 bits per heavy atom. The average molecular weight is 297 g/mol. The summed E-state index contributed by atoms with van der Waals surface area (Å²) in [6.07, 6.45) is 3.92. The van der Waals surface area contributed by atoms with Crippen molar-refractivity contribution in [1.82, 2.24) is 9.80 Å². The van der Waals surface area contributed by atoms with Crippen LogP contribution in [0.1, 0.15) is 32.6 Å². The molecule has 0 aromatic rings. The highest BCUT2D eigenvalue weighted by atomic mass is 16.4. The van der Waals surface area contributed by atoms with Crippen LogP contribution in [0, 0.1) is 11.3 Å². The smallest absolute Gasteiger partial charge is 0.317 e. The van der Waals surface area contributed by atoms with Crippen molar-refractivity contribution in [2.24, 2.45) is 17.1 Å². The molecule has 6 heteroatoms. The van der Waals surface area contributed by atoms with Crippen molar-refractivity contribution in [3.63, 3.8) is 0 Å². The summed E-state index contributed by atoms with van der Waals surface area (Å²) >= 11 is 0. The molecule has 21 heavy (non-hydrogen) atoms. The van der Waals surface area contributed by atoms with Crippen LogP contribution in [0.3, 0.4) is 0 Å².